The van der Waals surface area contributed by atoms with Gasteiger partial charge >= 0.3 is 16.3 Å². The molecule has 16 nitrogen and oxygen atoms in total. The Bertz CT molecular complexity index is 2110. The zero-order valence-corrected chi connectivity index (χ0v) is 33.2. The Morgan fingerprint density at radius 1 is 1.13 bits per heavy atom. The quantitative estimate of drug-likeness (QED) is 0.240. The largest absolute Gasteiger partial charge is 0.484 e. The first-order valence-corrected chi connectivity index (χ1v) is 19.1. The van der Waals surface area contributed by atoms with E-state index >= 15 is 0 Å². The number of hydrogen-bond acceptors (Lipinski definition) is 11. The summed E-state index contributed by atoms with van der Waals surface area (Å²) < 4.78 is 59.3. The van der Waals surface area contributed by atoms with Crippen LogP contribution in [-0.4, -0.2) is 102 Å². The van der Waals surface area contributed by atoms with E-state index < -0.39 is 80.5 Å². The third kappa shape index (κ3) is 8.91. The first-order valence-electron chi connectivity index (χ1n) is 17.6. The maximum Gasteiger partial charge on any atom is 0.408 e. The van der Waals surface area contributed by atoms with Crippen molar-refractivity contribution in [1.29, 1.82) is 0 Å². The summed E-state index contributed by atoms with van der Waals surface area (Å²) >= 11 is 0. The van der Waals surface area contributed by atoms with Gasteiger partial charge in [-0.05, 0) is 63.8 Å². The molecule has 1 saturated heterocycles. The second-order valence-electron chi connectivity index (χ2n) is 16.1. The number of halogens is 1. The van der Waals surface area contributed by atoms with Gasteiger partial charge in [-0.1, -0.05) is 32.0 Å². The number of ether oxygens (including phenoxy) is 2. The Balaban J connectivity index is 1.51. The SMILES string of the molecule is C=C[C@@H]1C[C@]1(NC(=O)[C@H]1C[C@@H](Oc2cc(-c3ccc(F)cc3)nc3c(C)noc23)CN1C(=O)[C@@H](NC(=O)OC(C)(C)C)C(C)(C)C)C(=O)NS(=O)(=O)N(C)C. The highest BCUT2D eigenvalue weighted by Gasteiger charge is 2.61. The second-order valence-corrected chi connectivity index (χ2v) is 18.0. The Hall–Kier alpha value is -5.10. The number of hydrogen-bond donors (Lipinski definition) is 3. The fourth-order valence-corrected chi connectivity index (χ4v) is 6.89. The lowest BCUT2D eigenvalue weighted by molar-refractivity contribution is -0.143. The molecule has 1 aliphatic heterocycles. The third-order valence-corrected chi connectivity index (χ3v) is 10.8. The van der Waals surface area contributed by atoms with E-state index in [2.05, 4.69) is 27.4 Å². The fourth-order valence-electron chi connectivity index (χ4n) is 6.29. The van der Waals surface area contributed by atoms with Gasteiger partial charge in [-0.2, -0.15) is 12.7 Å². The van der Waals surface area contributed by atoms with E-state index in [4.69, 9.17) is 14.0 Å². The number of nitrogens with one attached hydrogen (secondary N) is 3. The molecule has 2 aliphatic rings. The van der Waals surface area contributed by atoms with Gasteiger partial charge < -0.3 is 29.5 Å². The van der Waals surface area contributed by atoms with Gasteiger partial charge in [0.1, 0.15) is 46.4 Å². The summed E-state index contributed by atoms with van der Waals surface area (Å²) in [4.78, 5) is 61.3. The summed E-state index contributed by atoms with van der Waals surface area (Å²) in [7, 11) is -1.72. The molecule has 4 amide bonds. The molecular formula is C37H48FN7O9S. The van der Waals surface area contributed by atoms with E-state index in [0.717, 1.165) is 4.31 Å². The van der Waals surface area contributed by atoms with Crippen LogP contribution in [-0.2, 0) is 29.3 Å². The predicted octanol–water partition coefficient (Wildman–Crippen LogP) is 3.61. The van der Waals surface area contributed by atoms with Gasteiger partial charge in [0.15, 0.2) is 5.75 Å². The maximum absolute atomic E-state index is 14.6. The molecule has 0 spiro atoms. The van der Waals surface area contributed by atoms with Crippen LogP contribution in [0.5, 0.6) is 5.75 Å². The molecular weight excluding hydrogens is 738 g/mol. The van der Waals surface area contributed by atoms with Crippen LogP contribution in [0.3, 0.4) is 0 Å². The summed E-state index contributed by atoms with van der Waals surface area (Å²) in [5.41, 5.74) is -1.34. The molecule has 5 atom stereocenters. The van der Waals surface area contributed by atoms with Crippen molar-refractivity contribution in [2.24, 2.45) is 11.3 Å². The molecule has 1 saturated carbocycles. The number of fused-ring (bicyclic) bond motifs is 1. The van der Waals surface area contributed by atoms with Crippen LogP contribution in [0.25, 0.3) is 22.4 Å². The highest BCUT2D eigenvalue weighted by atomic mass is 32.2. The minimum Gasteiger partial charge on any atom is -0.484 e. The molecule has 5 rings (SSSR count). The van der Waals surface area contributed by atoms with Crippen molar-refractivity contribution in [3.8, 4) is 17.0 Å². The number of benzene rings is 1. The van der Waals surface area contributed by atoms with Gasteiger partial charge in [0.05, 0.1) is 12.2 Å². The van der Waals surface area contributed by atoms with Gasteiger partial charge in [-0.3, -0.25) is 14.4 Å². The van der Waals surface area contributed by atoms with Crippen molar-refractivity contribution in [2.75, 3.05) is 20.6 Å². The summed E-state index contributed by atoms with van der Waals surface area (Å²) in [5.74, 6) is -3.18. The van der Waals surface area contributed by atoms with E-state index in [1.54, 1.807) is 66.7 Å². The molecule has 2 aromatic heterocycles. The lowest BCUT2D eigenvalue weighted by atomic mass is 9.85. The highest BCUT2D eigenvalue weighted by molar-refractivity contribution is 7.87. The van der Waals surface area contributed by atoms with Gasteiger partial charge in [0, 0.05) is 38.1 Å². The molecule has 0 unspecified atom stereocenters. The zero-order chi connectivity index (χ0) is 40.8. The average molecular weight is 786 g/mol. The number of pyridine rings is 1. The van der Waals surface area contributed by atoms with Crippen LogP contribution in [0.1, 0.15) is 60.1 Å². The van der Waals surface area contributed by atoms with Crippen LogP contribution in [0.2, 0.25) is 0 Å². The van der Waals surface area contributed by atoms with Crippen molar-refractivity contribution in [3.63, 3.8) is 0 Å². The molecule has 0 radical (unpaired) electrons. The van der Waals surface area contributed by atoms with Crippen LogP contribution in [0.15, 0.2) is 47.5 Å². The molecule has 18 heteroatoms. The first-order chi connectivity index (χ1) is 25.5. The van der Waals surface area contributed by atoms with Crippen LogP contribution < -0.4 is 20.1 Å². The van der Waals surface area contributed by atoms with E-state index in [1.165, 1.54) is 37.2 Å². The van der Waals surface area contributed by atoms with Gasteiger partial charge in [0.2, 0.25) is 17.4 Å². The van der Waals surface area contributed by atoms with Crippen LogP contribution in [0.4, 0.5) is 9.18 Å². The number of likely N-dealkylation sites (tertiary alicyclic amines) is 1. The first kappa shape index (κ1) is 41.1. The van der Waals surface area contributed by atoms with E-state index in [0.29, 0.717) is 22.5 Å². The molecule has 0 bridgehead atoms. The average Bonchev–Trinajstić information content (AvgIpc) is 3.41. The molecule has 1 aliphatic carbocycles. The predicted molar refractivity (Wildman–Crippen MR) is 199 cm³/mol. The Morgan fingerprint density at radius 2 is 1.78 bits per heavy atom. The van der Waals surface area contributed by atoms with Gasteiger partial charge in [-0.15, -0.1) is 6.58 Å². The van der Waals surface area contributed by atoms with Crippen molar-refractivity contribution >= 4 is 45.1 Å². The Labute approximate surface area is 319 Å². The number of alkyl carbamates (subject to hydrolysis) is 1. The van der Waals surface area contributed by atoms with Crippen LogP contribution in [0, 0.1) is 24.1 Å². The van der Waals surface area contributed by atoms with Crippen LogP contribution >= 0.6 is 0 Å². The second kappa shape index (κ2) is 14.9. The molecule has 1 aromatic carbocycles. The van der Waals surface area contributed by atoms with Gasteiger partial charge in [-0.25, -0.2) is 18.9 Å². The van der Waals surface area contributed by atoms with Crippen molar-refractivity contribution < 1.29 is 46.0 Å². The minimum atomic E-state index is -4.22. The molecule has 3 heterocycles. The summed E-state index contributed by atoms with van der Waals surface area (Å²) in [5, 5.41) is 9.43. The number of amides is 4. The zero-order valence-electron chi connectivity index (χ0n) is 32.4. The molecule has 3 aromatic rings. The third-order valence-electron chi connectivity index (χ3n) is 9.36. The van der Waals surface area contributed by atoms with Gasteiger partial charge in [0.25, 0.3) is 5.91 Å². The maximum atomic E-state index is 14.6. The topological polar surface area (TPSA) is 202 Å². The number of carbonyl (C=O) groups is 4. The summed E-state index contributed by atoms with van der Waals surface area (Å²) in [6, 6.07) is 4.85. The number of carbonyl (C=O) groups excluding carboxylic acids is 4. The van der Waals surface area contributed by atoms with E-state index in [-0.39, 0.29) is 30.7 Å². The normalized spacial score (nSPS) is 21.9. The standard InChI is InChI=1S/C37H48FN7O9S/c1-11-22-18-37(22,33(48)43-55(50,51)44(9)10)41-31(46)26-16-24(19-45(26)32(47)30(35(3,4)5)40-34(49)53-36(6,7)8)52-27-17-25(21-12-14-23(38)15-13-21)39-28-20(2)42-54-29(27)28/h11-15,17,22,24,26,30H,1,16,18-19H2,2-10H3,(H,40,49)(H,41,46)(H,43,48)/t22-,24-,26-,30-,37-/m1/s1. The van der Waals surface area contributed by atoms with E-state index in [1.807, 2.05) is 4.72 Å². The minimum absolute atomic E-state index is 0.0639. The van der Waals surface area contributed by atoms with Crippen molar-refractivity contribution in [1.82, 2.24) is 34.7 Å². The Morgan fingerprint density at radius 3 is 2.35 bits per heavy atom. The van der Waals surface area contributed by atoms with E-state index in [9.17, 15) is 32.0 Å². The smallest absolute Gasteiger partial charge is 0.408 e. The molecule has 3 N–H and O–H groups in total. The molecule has 2 fully saturated rings. The molecule has 298 valence electrons. The number of rotatable bonds is 11. The number of aromatic nitrogens is 2. The lowest BCUT2D eigenvalue weighted by Gasteiger charge is -2.36. The number of nitrogens with zero attached hydrogens (tertiary/aromatic N) is 4. The summed E-state index contributed by atoms with van der Waals surface area (Å²) in [6.07, 6.45) is -0.276. The fraction of sp³-hybridized carbons (Fsp3) is 0.514. The highest BCUT2D eigenvalue weighted by Crippen LogP contribution is 2.45. The van der Waals surface area contributed by atoms with Crippen molar-refractivity contribution in [2.45, 2.75) is 90.6 Å². The lowest BCUT2D eigenvalue weighted by Crippen LogP contribution is -2.60. The number of aryl methyl sites for hydroxylation is 1. The summed E-state index contributed by atoms with van der Waals surface area (Å²) in [6.45, 7) is 15.6. The molecule has 55 heavy (non-hydrogen) atoms. The Kier molecular flexibility index (Phi) is 11.1. The monoisotopic (exact) mass is 785 g/mol. The van der Waals surface area contributed by atoms with Crippen molar-refractivity contribution in [3.05, 3.63) is 54.5 Å².